The lowest BCUT2D eigenvalue weighted by Gasteiger charge is -2.31. The van der Waals surface area contributed by atoms with E-state index in [0.717, 1.165) is 55.5 Å². The van der Waals surface area contributed by atoms with Gasteiger partial charge in [-0.25, -0.2) is 4.98 Å². The highest BCUT2D eigenvalue weighted by atomic mass is 16.5. The van der Waals surface area contributed by atoms with Crippen molar-refractivity contribution < 1.29 is 14.2 Å². The van der Waals surface area contributed by atoms with Crippen LogP contribution in [0, 0.1) is 6.92 Å². The Balaban J connectivity index is 1.42. The maximum atomic E-state index is 6.19. The molecule has 3 aromatic rings. The third kappa shape index (κ3) is 5.65. The summed E-state index contributed by atoms with van der Waals surface area (Å²) < 4.78 is 17.4. The molecule has 2 saturated heterocycles. The van der Waals surface area contributed by atoms with Gasteiger partial charge in [-0.2, -0.15) is 10.1 Å². The Bertz CT molecular complexity index is 1150. The van der Waals surface area contributed by atoms with Gasteiger partial charge >= 0.3 is 0 Å². The summed E-state index contributed by atoms with van der Waals surface area (Å²) in [5.41, 5.74) is 1.78. The molecule has 1 aromatic carbocycles. The molecule has 5 rings (SSSR count). The minimum atomic E-state index is 0.288. The van der Waals surface area contributed by atoms with Crippen molar-refractivity contribution in [3.63, 3.8) is 0 Å². The predicted octanol–water partition coefficient (Wildman–Crippen LogP) is 3.89. The van der Waals surface area contributed by atoms with E-state index in [9.17, 15) is 0 Å². The van der Waals surface area contributed by atoms with E-state index < -0.39 is 0 Å². The Morgan fingerprint density at radius 1 is 1.03 bits per heavy atom. The molecule has 4 heterocycles. The Kier molecular flexibility index (Phi) is 7.72. The van der Waals surface area contributed by atoms with Crippen molar-refractivity contribution in [2.75, 3.05) is 63.8 Å². The van der Waals surface area contributed by atoms with E-state index in [1.165, 1.54) is 25.9 Å². The number of hydrogen-bond donors (Lipinski definition) is 2. The van der Waals surface area contributed by atoms with Crippen molar-refractivity contribution in [3.05, 3.63) is 23.9 Å². The minimum absolute atomic E-state index is 0.288. The number of aromatic nitrogens is 4. The quantitative estimate of drug-likeness (QED) is 0.406. The molecule has 0 spiro atoms. The number of anilines is 3. The number of methoxy groups -OCH3 is 2. The molecular weight excluding hydrogens is 458 g/mol. The van der Waals surface area contributed by atoms with E-state index in [2.05, 4.69) is 25.3 Å². The van der Waals surface area contributed by atoms with E-state index in [-0.39, 0.29) is 6.10 Å². The van der Waals surface area contributed by atoms with Crippen molar-refractivity contribution >= 4 is 28.5 Å². The third-order valence-corrected chi connectivity index (χ3v) is 7.05. The standard InChI is InChI=1S/C26H37N7O3/c1-18-15-24(31-30-18)28-25-20-16-22(35-3)23(36-14-6-11-32-9-4-5-10-32)17-21(20)27-26(29-25)33-12-7-19(34-2)8-13-33/h15-17,19H,4-14H2,1-3H3,(H2,27,28,29,30,31). The molecule has 0 bridgehead atoms. The molecule has 2 aliphatic rings. The van der Waals surface area contributed by atoms with Crippen molar-refractivity contribution in [3.8, 4) is 11.5 Å². The Labute approximate surface area is 212 Å². The SMILES string of the molecule is COc1cc2c(Nc3cc(C)[nH]n3)nc(N3CCC(OC)CC3)nc2cc1OCCCN1CCCC1. The molecule has 194 valence electrons. The van der Waals surface area contributed by atoms with Crippen LogP contribution < -0.4 is 19.7 Å². The number of piperidine rings is 1. The average Bonchev–Trinajstić information content (AvgIpc) is 3.57. The van der Waals surface area contributed by atoms with Crippen LogP contribution in [0.1, 0.15) is 37.8 Å². The van der Waals surface area contributed by atoms with Gasteiger partial charge in [0.05, 0.1) is 25.3 Å². The second kappa shape index (κ2) is 11.3. The monoisotopic (exact) mass is 495 g/mol. The smallest absolute Gasteiger partial charge is 0.227 e. The number of nitrogens with one attached hydrogen (secondary N) is 2. The lowest BCUT2D eigenvalue weighted by atomic mass is 10.1. The second-order valence-corrected chi connectivity index (χ2v) is 9.63. The maximum Gasteiger partial charge on any atom is 0.227 e. The van der Waals surface area contributed by atoms with Gasteiger partial charge in [0.2, 0.25) is 5.95 Å². The summed E-state index contributed by atoms with van der Waals surface area (Å²) in [4.78, 5) is 14.6. The normalized spacial score (nSPS) is 17.1. The predicted molar refractivity (Wildman–Crippen MR) is 141 cm³/mol. The van der Waals surface area contributed by atoms with Crippen LogP contribution in [0.5, 0.6) is 11.5 Å². The van der Waals surface area contributed by atoms with E-state index in [0.29, 0.717) is 35.7 Å². The number of hydrogen-bond acceptors (Lipinski definition) is 9. The Morgan fingerprint density at radius 3 is 2.53 bits per heavy atom. The summed E-state index contributed by atoms with van der Waals surface area (Å²) in [6, 6.07) is 5.87. The zero-order chi connectivity index (χ0) is 24.9. The molecule has 0 atom stereocenters. The molecule has 2 aliphatic heterocycles. The number of aromatic amines is 1. The van der Waals surface area contributed by atoms with E-state index in [1.54, 1.807) is 14.2 Å². The fourth-order valence-corrected chi connectivity index (χ4v) is 5.00. The Morgan fingerprint density at radius 2 is 1.83 bits per heavy atom. The molecule has 0 aliphatic carbocycles. The topological polar surface area (TPSA) is 101 Å². The van der Waals surface area contributed by atoms with Gasteiger partial charge in [0.15, 0.2) is 17.3 Å². The van der Waals surface area contributed by atoms with Crippen LogP contribution in [0.15, 0.2) is 18.2 Å². The molecule has 36 heavy (non-hydrogen) atoms. The number of rotatable bonds is 10. The lowest BCUT2D eigenvalue weighted by molar-refractivity contribution is 0.0817. The van der Waals surface area contributed by atoms with Crippen LogP contribution in [0.2, 0.25) is 0 Å². The molecule has 2 aromatic heterocycles. The maximum absolute atomic E-state index is 6.19. The summed E-state index contributed by atoms with van der Waals surface area (Å²) >= 11 is 0. The Hall–Kier alpha value is -3.11. The van der Waals surface area contributed by atoms with Crippen molar-refractivity contribution in [1.29, 1.82) is 0 Å². The van der Waals surface area contributed by atoms with Crippen LogP contribution in [0.25, 0.3) is 10.9 Å². The summed E-state index contributed by atoms with van der Waals surface area (Å²) in [5, 5.41) is 11.5. The fourth-order valence-electron chi connectivity index (χ4n) is 5.00. The molecular formula is C26H37N7O3. The molecule has 0 amide bonds. The minimum Gasteiger partial charge on any atom is -0.493 e. The summed E-state index contributed by atoms with van der Waals surface area (Å²) in [7, 11) is 3.44. The largest absolute Gasteiger partial charge is 0.493 e. The average molecular weight is 496 g/mol. The summed E-state index contributed by atoms with van der Waals surface area (Å²) in [6.07, 6.45) is 5.78. The van der Waals surface area contributed by atoms with Crippen molar-refractivity contribution in [2.45, 2.75) is 45.1 Å². The number of ether oxygens (including phenoxy) is 3. The number of likely N-dealkylation sites (tertiary alicyclic amines) is 1. The molecule has 10 heteroatoms. The third-order valence-electron chi connectivity index (χ3n) is 7.05. The highest BCUT2D eigenvalue weighted by molar-refractivity contribution is 5.94. The first-order valence-electron chi connectivity index (χ1n) is 12.9. The van der Waals surface area contributed by atoms with Crippen LogP contribution in [-0.2, 0) is 4.74 Å². The fraction of sp³-hybridized carbons (Fsp3) is 0.577. The molecule has 0 radical (unpaired) electrons. The van der Waals surface area contributed by atoms with Crippen LogP contribution in [-0.4, -0.2) is 84.7 Å². The lowest BCUT2D eigenvalue weighted by Crippen LogP contribution is -2.37. The molecule has 2 N–H and O–H groups in total. The highest BCUT2D eigenvalue weighted by Gasteiger charge is 2.23. The number of aryl methyl sites for hydroxylation is 1. The summed E-state index contributed by atoms with van der Waals surface area (Å²) in [6.45, 7) is 7.77. The van der Waals surface area contributed by atoms with Crippen LogP contribution in [0.3, 0.4) is 0 Å². The van der Waals surface area contributed by atoms with E-state index in [4.69, 9.17) is 24.2 Å². The van der Waals surface area contributed by atoms with Crippen LogP contribution >= 0.6 is 0 Å². The van der Waals surface area contributed by atoms with Gasteiger partial charge in [0.25, 0.3) is 0 Å². The first-order chi connectivity index (χ1) is 17.6. The van der Waals surface area contributed by atoms with Gasteiger partial charge in [0.1, 0.15) is 5.82 Å². The van der Waals surface area contributed by atoms with Crippen molar-refractivity contribution in [1.82, 2.24) is 25.1 Å². The first-order valence-corrected chi connectivity index (χ1v) is 12.9. The van der Waals surface area contributed by atoms with Gasteiger partial charge in [0, 0.05) is 50.0 Å². The highest BCUT2D eigenvalue weighted by Crippen LogP contribution is 2.36. The number of nitrogens with zero attached hydrogens (tertiary/aromatic N) is 5. The molecule has 2 fully saturated rings. The van der Waals surface area contributed by atoms with Gasteiger partial charge < -0.3 is 29.3 Å². The van der Waals surface area contributed by atoms with Crippen molar-refractivity contribution in [2.24, 2.45) is 0 Å². The number of benzene rings is 1. The van der Waals surface area contributed by atoms with Gasteiger partial charge in [-0.3, -0.25) is 5.10 Å². The second-order valence-electron chi connectivity index (χ2n) is 9.63. The molecule has 0 saturated carbocycles. The van der Waals surface area contributed by atoms with Gasteiger partial charge in [-0.05, 0) is 58.2 Å². The zero-order valence-electron chi connectivity index (χ0n) is 21.5. The summed E-state index contributed by atoms with van der Waals surface area (Å²) in [5.74, 6) is 3.46. The van der Waals surface area contributed by atoms with Gasteiger partial charge in [-0.1, -0.05) is 0 Å². The molecule has 10 nitrogen and oxygen atoms in total. The molecule has 0 unspecified atom stereocenters. The van der Waals surface area contributed by atoms with E-state index >= 15 is 0 Å². The number of fused-ring (bicyclic) bond motifs is 1. The van der Waals surface area contributed by atoms with E-state index in [1.807, 2.05) is 25.1 Å². The first kappa shape index (κ1) is 24.6. The van der Waals surface area contributed by atoms with Crippen LogP contribution in [0.4, 0.5) is 17.6 Å². The number of H-pyrrole nitrogens is 1. The van der Waals surface area contributed by atoms with Gasteiger partial charge in [-0.15, -0.1) is 0 Å². The zero-order valence-corrected chi connectivity index (χ0v) is 21.5.